The third-order valence-corrected chi connectivity index (χ3v) is 7.33. The molecule has 2 fully saturated rings. The fourth-order valence-electron chi connectivity index (χ4n) is 5.07. The first-order valence-electron chi connectivity index (χ1n) is 12.7. The number of fused-ring (bicyclic) bond motifs is 1. The number of aliphatic hydroxyl groups is 2. The summed E-state index contributed by atoms with van der Waals surface area (Å²) in [5.74, 6) is 0.764. The molecule has 3 heterocycles. The standard InChI is InChI=1S/C20H32N2O3.C8H9NO/c1-14-15(2)20(25-17(12-23)13-24)8-7-18(14)19-6-4-5-16-11-21(3)9-10-22(16)19;1-2-8-4-3-7(6-10)5-9-8/h7-8,16-17,19,23-24H,4-6,9-13H2,1-3H3;3-6H,2H2,1H3. The van der Waals surface area contributed by atoms with Crippen molar-refractivity contribution in [3.63, 3.8) is 0 Å². The van der Waals surface area contributed by atoms with Crippen molar-refractivity contribution < 1.29 is 19.7 Å². The zero-order valence-electron chi connectivity index (χ0n) is 21.6. The largest absolute Gasteiger partial charge is 0.485 e. The Hall–Kier alpha value is -2.32. The predicted molar refractivity (Wildman–Crippen MR) is 138 cm³/mol. The van der Waals surface area contributed by atoms with Crippen LogP contribution in [0.5, 0.6) is 5.75 Å². The second kappa shape index (κ2) is 13.1. The van der Waals surface area contributed by atoms with Gasteiger partial charge in [-0.05, 0) is 81.5 Å². The lowest BCUT2D eigenvalue weighted by Gasteiger charge is -2.48. The first-order valence-corrected chi connectivity index (χ1v) is 12.7. The first kappa shape index (κ1) is 27.3. The minimum absolute atomic E-state index is 0.178. The van der Waals surface area contributed by atoms with E-state index in [9.17, 15) is 15.0 Å². The number of carbonyl (C=O) groups excluding carboxylic acids is 1. The van der Waals surface area contributed by atoms with Crippen LogP contribution in [0.3, 0.4) is 0 Å². The lowest BCUT2D eigenvalue weighted by atomic mass is 9.86. The summed E-state index contributed by atoms with van der Waals surface area (Å²) < 4.78 is 5.77. The van der Waals surface area contributed by atoms with Gasteiger partial charge in [0.25, 0.3) is 0 Å². The molecule has 192 valence electrons. The van der Waals surface area contributed by atoms with Crippen LogP contribution in [0, 0.1) is 13.8 Å². The van der Waals surface area contributed by atoms with Crippen LogP contribution in [0.2, 0.25) is 0 Å². The lowest BCUT2D eigenvalue weighted by Crippen LogP contribution is -2.54. The fraction of sp³-hybridized carbons (Fsp3) is 0.571. The Balaban J connectivity index is 0.000000287. The summed E-state index contributed by atoms with van der Waals surface area (Å²) in [5, 5.41) is 18.5. The molecule has 0 saturated carbocycles. The quantitative estimate of drug-likeness (QED) is 0.584. The number of aromatic nitrogens is 1. The van der Waals surface area contributed by atoms with Gasteiger partial charge in [0.1, 0.15) is 11.9 Å². The number of hydrogen-bond donors (Lipinski definition) is 2. The molecule has 4 rings (SSSR count). The van der Waals surface area contributed by atoms with Crippen LogP contribution in [0.4, 0.5) is 0 Å². The zero-order chi connectivity index (χ0) is 25.4. The minimum atomic E-state index is -0.555. The van der Waals surface area contributed by atoms with Gasteiger partial charge in [0, 0.05) is 49.2 Å². The summed E-state index contributed by atoms with van der Waals surface area (Å²) in [4.78, 5) is 19.4. The number of piperazine rings is 1. The van der Waals surface area contributed by atoms with Crippen LogP contribution in [-0.4, -0.2) is 83.3 Å². The summed E-state index contributed by atoms with van der Waals surface area (Å²) in [6, 6.07) is 9.00. The highest BCUT2D eigenvalue weighted by Crippen LogP contribution is 2.39. The van der Waals surface area contributed by atoms with Crippen LogP contribution in [-0.2, 0) is 6.42 Å². The average molecular weight is 484 g/mol. The maximum absolute atomic E-state index is 10.2. The van der Waals surface area contributed by atoms with Crippen molar-refractivity contribution in [3.05, 3.63) is 58.4 Å². The molecule has 2 aliphatic rings. The number of aryl methyl sites for hydroxylation is 1. The van der Waals surface area contributed by atoms with Gasteiger partial charge in [-0.2, -0.15) is 0 Å². The number of piperidine rings is 1. The van der Waals surface area contributed by atoms with Crippen LogP contribution in [0.1, 0.15) is 65.0 Å². The number of benzene rings is 1. The van der Waals surface area contributed by atoms with E-state index in [4.69, 9.17) is 4.74 Å². The smallest absolute Gasteiger partial charge is 0.151 e. The molecular weight excluding hydrogens is 442 g/mol. The number of aliphatic hydroxyl groups excluding tert-OH is 2. The molecule has 0 bridgehead atoms. The summed E-state index contributed by atoms with van der Waals surface area (Å²) >= 11 is 0. The Morgan fingerprint density at radius 2 is 1.89 bits per heavy atom. The number of rotatable bonds is 7. The first-order chi connectivity index (χ1) is 16.9. The normalized spacial score (nSPS) is 20.7. The topological polar surface area (TPSA) is 86.1 Å². The van der Waals surface area contributed by atoms with E-state index < -0.39 is 6.10 Å². The van der Waals surface area contributed by atoms with E-state index >= 15 is 0 Å². The molecule has 2 saturated heterocycles. The zero-order valence-corrected chi connectivity index (χ0v) is 21.6. The lowest BCUT2D eigenvalue weighted by molar-refractivity contribution is 0.0182. The van der Waals surface area contributed by atoms with Crippen LogP contribution < -0.4 is 4.74 Å². The Morgan fingerprint density at radius 3 is 2.51 bits per heavy atom. The van der Waals surface area contributed by atoms with Gasteiger partial charge in [0.15, 0.2) is 6.29 Å². The number of likely N-dealkylation sites (N-methyl/N-ethyl adjacent to an activating group) is 1. The molecule has 2 aliphatic heterocycles. The molecule has 0 radical (unpaired) electrons. The van der Waals surface area contributed by atoms with Gasteiger partial charge < -0.3 is 19.8 Å². The Morgan fingerprint density at radius 1 is 1.11 bits per heavy atom. The van der Waals surface area contributed by atoms with E-state index in [1.807, 2.05) is 19.1 Å². The second-order valence-corrected chi connectivity index (χ2v) is 9.66. The molecule has 0 aliphatic carbocycles. The third kappa shape index (κ3) is 6.88. The van der Waals surface area contributed by atoms with Gasteiger partial charge in [-0.25, -0.2) is 0 Å². The maximum Gasteiger partial charge on any atom is 0.151 e. The van der Waals surface area contributed by atoms with Crippen molar-refractivity contribution in [3.8, 4) is 5.75 Å². The number of aldehydes is 1. The van der Waals surface area contributed by atoms with E-state index in [1.54, 1.807) is 12.3 Å². The highest BCUT2D eigenvalue weighted by atomic mass is 16.5. The predicted octanol–water partition coefficient (Wildman–Crippen LogP) is 3.33. The molecule has 0 amide bonds. The van der Waals surface area contributed by atoms with Crippen LogP contribution in [0.15, 0.2) is 30.5 Å². The highest BCUT2D eigenvalue weighted by Gasteiger charge is 2.35. The molecule has 1 aromatic carbocycles. The minimum Gasteiger partial charge on any atom is -0.485 e. The van der Waals surface area contributed by atoms with Gasteiger partial charge in [-0.3, -0.25) is 14.7 Å². The van der Waals surface area contributed by atoms with E-state index in [2.05, 4.69) is 41.7 Å². The Kier molecular flexibility index (Phi) is 10.2. The molecule has 2 N–H and O–H groups in total. The van der Waals surface area contributed by atoms with Crippen molar-refractivity contribution in [1.82, 2.24) is 14.8 Å². The average Bonchev–Trinajstić information content (AvgIpc) is 2.89. The molecule has 7 heteroatoms. The summed E-state index contributed by atoms with van der Waals surface area (Å²) in [6.45, 7) is 9.37. The second-order valence-electron chi connectivity index (χ2n) is 9.66. The highest BCUT2D eigenvalue weighted by molar-refractivity contribution is 5.73. The van der Waals surface area contributed by atoms with Gasteiger partial charge in [-0.15, -0.1) is 0 Å². The van der Waals surface area contributed by atoms with Gasteiger partial charge in [0.2, 0.25) is 0 Å². The van der Waals surface area contributed by atoms with E-state index in [1.165, 1.54) is 36.9 Å². The SMILES string of the molecule is CCc1ccc(C=O)cn1.Cc1c(OC(CO)CO)ccc(C2CCCC3CN(C)CCN32)c1C. The molecule has 35 heavy (non-hydrogen) atoms. The summed E-state index contributed by atoms with van der Waals surface area (Å²) in [6.07, 6.45) is 6.55. The monoisotopic (exact) mass is 483 g/mol. The van der Waals surface area contributed by atoms with Crippen molar-refractivity contribution >= 4 is 6.29 Å². The Bertz CT molecular complexity index is 946. The molecule has 0 spiro atoms. The number of hydrogen-bond acceptors (Lipinski definition) is 7. The van der Waals surface area contributed by atoms with E-state index in [0.717, 1.165) is 42.8 Å². The molecule has 1 aromatic heterocycles. The van der Waals surface area contributed by atoms with Crippen molar-refractivity contribution in [2.45, 2.75) is 64.6 Å². The van der Waals surface area contributed by atoms with Crippen molar-refractivity contribution in [2.75, 3.05) is 39.9 Å². The fourth-order valence-corrected chi connectivity index (χ4v) is 5.07. The molecule has 2 aromatic rings. The molecular formula is C28H41N3O4. The van der Waals surface area contributed by atoms with E-state index in [0.29, 0.717) is 17.6 Å². The van der Waals surface area contributed by atoms with Gasteiger partial charge >= 0.3 is 0 Å². The number of pyridine rings is 1. The number of nitrogens with zero attached hydrogens (tertiary/aromatic N) is 3. The maximum atomic E-state index is 10.2. The van der Waals surface area contributed by atoms with Crippen molar-refractivity contribution in [2.24, 2.45) is 0 Å². The van der Waals surface area contributed by atoms with Crippen LogP contribution in [0.25, 0.3) is 0 Å². The summed E-state index contributed by atoms with van der Waals surface area (Å²) in [5.41, 5.74) is 5.45. The number of ether oxygens (including phenoxy) is 1. The van der Waals surface area contributed by atoms with Crippen LogP contribution >= 0.6 is 0 Å². The van der Waals surface area contributed by atoms with Gasteiger partial charge in [0.05, 0.1) is 13.2 Å². The van der Waals surface area contributed by atoms with Crippen molar-refractivity contribution in [1.29, 1.82) is 0 Å². The molecule has 2 unspecified atom stereocenters. The van der Waals surface area contributed by atoms with Gasteiger partial charge in [-0.1, -0.05) is 13.0 Å². The molecule has 2 atom stereocenters. The Labute approximate surface area is 209 Å². The van der Waals surface area contributed by atoms with E-state index in [-0.39, 0.29) is 13.2 Å². The molecule has 7 nitrogen and oxygen atoms in total. The third-order valence-electron chi connectivity index (χ3n) is 7.33. The number of carbonyl (C=O) groups is 1. The summed E-state index contributed by atoms with van der Waals surface area (Å²) in [7, 11) is 2.22.